The Kier molecular flexibility index (Phi) is 12.6. The summed E-state index contributed by atoms with van der Waals surface area (Å²) < 4.78 is 9.51. The van der Waals surface area contributed by atoms with Crippen molar-refractivity contribution in [3.8, 4) is 44.9 Å². The van der Waals surface area contributed by atoms with Crippen LogP contribution in [0.2, 0.25) is 0 Å². The third kappa shape index (κ3) is 8.89. The summed E-state index contributed by atoms with van der Waals surface area (Å²) in [6.45, 7) is 8.78. The van der Waals surface area contributed by atoms with Gasteiger partial charge in [-0.1, -0.05) is 82.3 Å². The molecule has 0 saturated carbocycles. The van der Waals surface area contributed by atoms with Crippen molar-refractivity contribution in [3.05, 3.63) is 90.9 Å². The van der Waals surface area contributed by atoms with E-state index in [0.29, 0.717) is 13.1 Å². The number of aromatic nitrogens is 5. The van der Waals surface area contributed by atoms with Gasteiger partial charge in [-0.05, 0) is 60.3 Å². The van der Waals surface area contributed by atoms with Crippen LogP contribution in [0.25, 0.3) is 44.9 Å². The van der Waals surface area contributed by atoms with Crippen LogP contribution >= 0.6 is 0 Å². The van der Waals surface area contributed by atoms with Gasteiger partial charge in [0.15, 0.2) is 0 Å². The minimum Gasteiger partial charge on any atom is -0.453 e. The van der Waals surface area contributed by atoms with Crippen LogP contribution in [-0.4, -0.2) is 98.1 Å². The monoisotopic (exact) mass is 815 g/mol. The zero-order valence-electron chi connectivity index (χ0n) is 34.9. The van der Waals surface area contributed by atoms with E-state index in [2.05, 4.69) is 48.8 Å². The fraction of sp³-hybridized carbons (Fsp3) is 0.400. The SMILES string of the molecule is COC(=O)N[C@H](C(=O)N1CCC[C@H]1c1ncc(-c2ccc(-c3ccc(-c4ccc(-c5cnc([C@@H]6CCCN6C(=O)[C@@H](NC(=O)OC)C(C)C)[nH]5)cc4)nc3)cc2)[nH]1)C(C)C. The highest BCUT2D eigenvalue weighted by atomic mass is 16.5. The Bertz CT molecular complexity index is 2120. The van der Waals surface area contributed by atoms with Crippen molar-refractivity contribution in [2.45, 2.75) is 77.5 Å². The summed E-state index contributed by atoms with van der Waals surface area (Å²) in [6, 6.07) is 18.6. The molecule has 4 amide bonds. The standard InChI is InChI=1S/C45H53N9O6/c1-26(2)38(51-44(57)59-5)42(55)53-21-7-9-36(53)40-47-24-34(49-40)30-13-11-28(12-14-30)32-19-20-33(46-23-32)29-15-17-31(18-16-29)35-25-48-41(50-35)37-10-8-22-54(37)43(56)39(27(3)4)52-45(58)60-6/h11-20,23-27,36-39H,7-10,21-22H2,1-6H3,(H,47,49)(H,48,50)(H,51,57)(H,52,58)/t36-,37-,38-,39-/m0/s1. The number of hydrogen-bond acceptors (Lipinski definition) is 9. The van der Waals surface area contributed by atoms with Crippen LogP contribution in [0.1, 0.15) is 77.1 Å². The van der Waals surface area contributed by atoms with E-state index in [1.54, 1.807) is 22.2 Å². The van der Waals surface area contributed by atoms with Gasteiger partial charge in [0, 0.05) is 30.4 Å². The molecule has 4 N–H and O–H groups in total. The predicted molar refractivity (Wildman–Crippen MR) is 226 cm³/mol. The van der Waals surface area contributed by atoms with E-state index in [9.17, 15) is 19.2 Å². The fourth-order valence-electron chi connectivity index (χ4n) is 8.09. The lowest BCUT2D eigenvalue weighted by Gasteiger charge is -2.30. The molecule has 60 heavy (non-hydrogen) atoms. The van der Waals surface area contributed by atoms with E-state index in [-0.39, 0.29) is 35.7 Å². The lowest BCUT2D eigenvalue weighted by Crippen LogP contribution is -2.51. The maximum Gasteiger partial charge on any atom is 0.407 e. The average molecular weight is 816 g/mol. The molecule has 15 nitrogen and oxygen atoms in total. The highest BCUT2D eigenvalue weighted by molar-refractivity contribution is 5.87. The summed E-state index contributed by atoms with van der Waals surface area (Å²) in [5.74, 6) is 0.943. The zero-order valence-corrected chi connectivity index (χ0v) is 34.9. The van der Waals surface area contributed by atoms with Crippen molar-refractivity contribution in [1.29, 1.82) is 0 Å². The minimum absolute atomic E-state index is 0.106. The lowest BCUT2D eigenvalue weighted by atomic mass is 10.0. The molecule has 0 unspecified atom stereocenters. The van der Waals surface area contributed by atoms with Gasteiger partial charge in [-0.3, -0.25) is 14.6 Å². The normalized spacial score (nSPS) is 17.5. The number of nitrogens with one attached hydrogen (secondary N) is 4. The number of rotatable bonds is 12. The Morgan fingerprint density at radius 3 is 1.40 bits per heavy atom. The molecule has 0 spiro atoms. The van der Waals surface area contributed by atoms with E-state index in [1.807, 2.05) is 76.4 Å². The number of alkyl carbamates (subject to hydrolysis) is 2. The number of methoxy groups -OCH3 is 2. The van der Waals surface area contributed by atoms with E-state index < -0.39 is 24.3 Å². The van der Waals surface area contributed by atoms with Gasteiger partial charge in [0.05, 0.1) is 55.8 Å². The van der Waals surface area contributed by atoms with Gasteiger partial charge >= 0.3 is 12.2 Å². The second-order valence-electron chi connectivity index (χ2n) is 16.0. The Balaban J connectivity index is 0.978. The number of amides is 4. The van der Waals surface area contributed by atoms with Crippen molar-refractivity contribution < 1.29 is 28.7 Å². The van der Waals surface area contributed by atoms with Gasteiger partial charge in [-0.2, -0.15) is 0 Å². The van der Waals surface area contributed by atoms with Crippen LogP contribution in [0.5, 0.6) is 0 Å². The first kappa shape index (κ1) is 41.6. The molecule has 0 aliphatic carbocycles. The number of aromatic amines is 2. The first-order valence-electron chi connectivity index (χ1n) is 20.5. The first-order valence-corrected chi connectivity index (χ1v) is 20.5. The van der Waals surface area contributed by atoms with E-state index >= 15 is 0 Å². The molecule has 5 aromatic rings. The molecule has 2 saturated heterocycles. The zero-order chi connectivity index (χ0) is 42.5. The Hall–Kier alpha value is -6.51. The summed E-state index contributed by atoms with van der Waals surface area (Å²) in [5.41, 5.74) is 7.46. The van der Waals surface area contributed by atoms with Gasteiger partial charge in [-0.25, -0.2) is 19.6 Å². The van der Waals surface area contributed by atoms with E-state index in [1.165, 1.54) is 14.2 Å². The molecule has 0 radical (unpaired) electrons. The summed E-state index contributed by atoms with van der Waals surface area (Å²) in [5, 5.41) is 5.39. The number of pyridine rings is 1. The third-order valence-corrected chi connectivity index (χ3v) is 11.5. The van der Waals surface area contributed by atoms with Crippen LogP contribution in [0.4, 0.5) is 9.59 Å². The van der Waals surface area contributed by atoms with Crippen molar-refractivity contribution in [1.82, 2.24) is 45.4 Å². The molecule has 5 heterocycles. The first-order chi connectivity index (χ1) is 28.9. The number of hydrogen-bond donors (Lipinski definition) is 4. The van der Waals surface area contributed by atoms with Gasteiger partial charge < -0.3 is 39.9 Å². The summed E-state index contributed by atoms with van der Waals surface area (Å²) in [4.78, 5) is 75.6. The maximum absolute atomic E-state index is 13.5. The smallest absolute Gasteiger partial charge is 0.407 e. The summed E-state index contributed by atoms with van der Waals surface area (Å²) >= 11 is 0. The second-order valence-corrected chi connectivity index (χ2v) is 16.0. The van der Waals surface area contributed by atoms with Gasteiger partial charge in [-0.15, -0.1) is 0 Å². The largest absolute Gasteiger partial charge is 0.453 e. The van der Waals surface area contributed by atoms with Crippen LogP contribution in [0.3, 0.4) is 0 Å². The lowest BCUT2D eigenvalue weighted by molar-refractivity contribution is -0.136. The van der Waals surface area contributed by atoms with Gasteiger partial charge in [0.25, 0.3) is 0 Å². The number of H-pyrrole nitrogens is 2. The highest BCUT2D eigenvalue weighted by Gasteiger charge is 2.39. The van der Waals surface area contributed by atoms with Crippen LogP contribution in [0, 0.1) is 11.8 Å². The molecule has 314 valence electrons. The molecule has 2 fully saturated rings. The average Bonchev–Trinajstić information content (AvgIpc) is 4.11. The minimum atomic E-state index is -0.690. The number of nitrogens with zero attached hydrogens (tertiary/aromatic N) is 5. The van der Waals surface area contributed by atoms with Crippen molar-refractivity contribution in [2.24, 2.45) is 11.8 Å². The van der Waals surface area contributed by atoms with Crippen LogP contribution < -0.4 is 10.6 Å². The molecule has 4 atom stereocenters. The molecular formula is C45H53N9O6. The van der Waals surface area contributed by atoms with E-state index in [0.717, 1.165) is 82.2 Å². The molecule has 2 aromatic carbocycles. The summed E-state index contributed by atoms with van der Waals surface area (Å²) in [6.07, 6.45) is 7.47. The third-order valence-electron chi connectivity index (χ3n) is 11.5. The molecule has 0 bridgehead atoms. The second kappa shape index (κ2) is 18.2. The predicted octanol–water partition coefficient (Wildman–Crippen LogP) is 7.28. The molecule has 2 aliphatic rings. The Morgan fingerprint density at radius 2 is 1.00 bits per heavy atom. The van der Waals surface area contributed by atoms with Crippen LogP contribution in [0.15, 0.2) is 79.3 Å². The fourth-order valence-corrected chi connectivity index (χ4v) is 8.09. The van der Waals surface area contributed by atoms with Crippen LogP contribution in [-0.2, 0) is 19.1 Å². The molecular weight excluding hydrogens is 763 g/mol. The number of likely N-dealkylation sites (tertiary alicyclic amines) is 2. The van der Waals surface area contributed by atoms with E-state index in [4.69, 9.17) is 14.5 Å². The number of imidazole rings is 2. The Labute approximate surface area is 349 Å². The molecule has 7 rings (SSSR count). The van der Waals surface area contributed by atoms with Gasteiger partial charge in [0.1, 0.15) is 23.7 Å². The number of carbonyl (C=O) groups excluding carboxylic acids is 4. The highest BCUT2D eigenvalue weighted by Crippen LogP contribution is 2.35. The molecule has 3 aromatic heterocycles. The number of ether oxygens (including phenoxy) is 2. The van der Waals surface area contributed by atoms with Crippen molar-refractivity contribution >= 4 is 24.0 Å². The summed E-state index contributed by atoms with van der Waals surface area (Å²) in [7, 11) is 2.58. The Morgan fingerprint density at radius 1 is 0.583 bits per heavy atom. The number of carbonyl (C=O) groups is 4. The van der Waals surface area contributed by atoms with Crippen molar-refractivity contribution in [3.63, 3.8) is 0 Å². The molecule has 15 heteroatoms. The maximum atomic E-state index is 13.5. The van der Waals surface area contributed by atoms with Gasteiger partial charge in [0.2, 0.25) is 11.8 Å². The quantitative estimate of drug-likeness (QED) is 0.100. The topological polar surface area (TPSA) is 188 Å². The number of benzene rings is 2. The molecule has 2 aliphatic heterocycles. The van der Waals surface area contributed by atoms with Crippen molar-refractivity contribution in [2.75, 3.05) is 27.3 Å².